The molecule has 0 spiro atoms. The molecule has 1 saturated carbocycles. The molecule has 0 heterocycles. The molecule has 0 unspecified atom stereocenters. The predicted molar refractivity (Wildman–Crippen MR) is 76.4 cm³/mol. The van der Waals surface area contributed by atoms with Crippen LogP contribution >= 0.6 is 15.9 Å². The summed E-state index contributed by atoms with van der Waals surface area (Å²) in [6, 6.07) is 4.77. The van der Waals surface area contributed by atoms with Gasteiger partial charge in [0.15, 0.2) is 9.84 Å². The Bertz CT molecular complexity index is 597. The van der Waals surface area contributed by atoms with Crippen LogP contribution in [0.3, 0.4) is 0 Å². The van der Waals surface area contributed by atoms with Gasteiger partial charge in [0.05, 0.1) is 10.6 Å². The summed E-state index contributed by atoms with van der Waals surface area (Å²) in [4.78, 5) is 11.7. The zero-order valence-electron chi connectivity index (χ0n) is 10.2. The number of nitrogens with one attached hydrogen (secondary N) is 1. The average molecular weight is 347 g/mol. The highest BCUT2D eigenvalue weighted by Gasteiger charge is 2.25. The molecule has 0 saturated heterocycles. The van der Waals surface area contributed by atoms with Crippen molar-refractivity contribution in [2.24, 2.45) is 0 Å². The first-order valence-corrected chi connectivity index (χ1v) is 8.40. The minimum absolute atomic E-state index is 0.0182. The van der Waals surface area contributed by atoms with Gasteiger partial charge in [0.2, 0.25) is 5.91 Å². The van der Waals surface area contributed by atoms with E-state index in [1.807, 2.05) is 0 Å². The van der Waals surface area contributed by atoms with Gasteiger partial charge >= 0.3 is 0 Å². The van der Waals surface area contributed by atoms with Gasteiger partial charge in [-0.15, -0.1) is 0 Å². The predicted octanol–water partition coefficient (Wildman–Crippen LogP) is 1.47. The smallest absolute Gasteiger partial charge is 0.221 e. The van der Waals surface area contributed by atoms with Crippen LogP contribution in [-0.2, 0) is 14.6 Å². The molecule has 104 valence electrons. The van der Waals surface area contributed by atoms with Crippen molar-refractivity contribution in [3.8, 4) is 0 Å². The van der Waals surface area contributed by atoms with E-state index >= 15 is 0 Å². The lowest BCUT2D eigenvalue weighted by Crippen LogP contribution is -2.27. The monoisotopic (exact) mass is 346 g/mol. The lowest BCUT2D eigenvalue weighted by Gasteiger charge is -2.07. The van der Waals surface area contributed by atoms with Crippen LogP contribution in [0.5, 0.6) is 0 Å². The normalized spacial score (nSPS) is 15.2. The molecule has 1 fully saturated rings. The van der Waals surface area contributed by atoms with Crippen molar-refractivity contribution < 1.29 is 13.2 Å². The van der Waals surface area contributed by atoms with Crippen LogP contribution in [0.15, 0.2) is 27.6 Å². The first-order valence-electron chi connectivity index (χ1n) is 5.95. The van der Waals surface area contributed by atoms with Gasteiger partial charge in [-0.2, -0.15) is 0 Å². The Morgan fingerprint density at radius 2 is 2.11 bits per heavy atom. The molecule has 0 radical (unpaired) electrons. The maximum Gasteiger partial charge on any atom is 0.221 e. The Kier molecular flexibility index (Phi) is 4.15. The SMILES string of the molecule is Nc1ccc(S(=O)(=O)CCC(=O)NC2CC2)c(Br)c1. The number of halogens is 1. The van der Waals surface area contributed by atoms with Crippen LogP contribution in [0, 0.1) is 0 Å². The Morgan fingerprint density at radius 3 is 2.68 bits per heavy atom. The number of hydrogen-bond donors (Lipinski definition) is 2. The number of rotatable bonds is 5. The van der Waals surface area contributed by atoms with Crippen molar-refractivity contribution in [3.63, 3.8) is 0 Å². The second-order valence-electron chi connectivity index (χ2n) is 4.60. The number of carbonyl (C=O) groups excluding carboxylic acids is 1. The van der Waals surface area contributed by atoms with E-state index in [2.05, 4.69) is 21.2 Å². The maximum atomic E-state index is 12.1. The lowest BCUT2D eigenvalue weighted by atomic mass is 10.3. The highest BCUT2D eigenvalue weighted by molar-refractivity contribution is 9.10. The molecule has 1 aromatic rings. The Hall–Kier alpha value is -1.08. The van der Waals surface area contributed by atoms with E-state index in [1.165, 1.54) is 18.2 Å². The van der Waals surface area contributed by atoms with Gasteiger partial charge in [-0.05, 0) is 47.0 Å². The molecule has 5 nitrogen and oxygen atoms in total. The number of amides is 1. The molecule has 0 aromatic heterocycles. The lowest BCUT2D eigenvalue weighted by molar-refractivity contribution is -0.120. The van der Waals surface area contributed by atoms with Crippen molar-refractivity contribution in [2.45, 2.75) is 30.2 Å². The number of hydrogen-bond acceptors (Lipinski definition) is 4. The van der Waals surface area contributed by atoms with E-state index < -0.39 is 9.84 Å². The highest BCUT2D eigenvalue weighted by Crippen LogP contribution is 2.25. The molecule has 1 amide bonds. The second kappa shape index (κ2) is 5.50. The summed E-state index contributed by atoms with van der Waals surface area (Å²) in [5.41, 5.74) is 6.05. The second-order valence-corrected chi connectivity index (χ2v) is 7.53. The van der Waals surface area contributed by atoms with Crippen LogP contribution in [0.25, 0.3) is 0 Å². The van der Waals surface area contributed by atoms with Gasteiger partial charge in [-0.25, -0.2) is 8.42 Å². The third kappa shape index (κ3) is 3.94. The molecular formula is C12H15BrN2O3S. The zero-order valence-corrected chi connectivity index (χ0v) is 12.6. The minimum Gasteiger partial charge on any atom is -0.399 e. The third-order valence-corrected chi connectivity index (χ3v) is 5.52. The Morgan fingerprint density at radius 1 is 1.42 bits per heavy atom. The molecule has 0 aliphatic heterocycles. The van der Waals surface area contributed by atoms with Crippen molar-refractivity contribution in [1.29, 1.82) is 0 Å². The van der Waals surface area contributed by atoms with Crippen LogP contribution in [0.2, 0.25) is 0 Å². The summed E-state index contributed by atoms with van der Waals surface area (Å²) in [5.74, 6) is -0.411. The molecule has 0 bridgehead atoms. The molecule has 1 aliphatic carbocycles. The van der Waals surface area contributed by atoms with Gasteiger partial charge in [0, 0.05) is 22.6 Å². The summed E-state index contributed by atoms with van der Waals surface area (Å²) >= 11 is 3.18. The van der Waals surface area contributed by atoms with Crippen LogP contribution < -0.4 is 11.1 Å². The summed E-state index contributed by atoms with van der Waals surface area (Å²) in [5, 5.41) is 2.77. The molecular weight excluding hydrogens is 332 g/mol. The molecule has 1 aromatic carbocycles. The molecule has 7 heteroatoms. The van der Waals surface area contributed by atoms with Crippen molar-refractivity contribution in [2.75, 3.05) is 11.5 Å². The van der Waals surface area contributed by atoms with Crippen LogP contribution in [0.1, 0.15) is 19.3 Å². The minimum atomic E-state index is -3.48. The number of nitrogens with two attached hydrogens (primary N) is 1. The highest BCUT2D eigenvalue weighted by atomic mass is 79.9. The molecule has 0 atom stereocenters. The molecule has 3 N–H and O–H groups in total. The molecule has 19 heavy (non-hydrogen) atoms. The quantitative estimate of drug-likeness (QED) is 0.790. The van der Waals surface area contributed by atoms with E-state index in [0.717, 1.165) is 12.8 Å². The standard InChI is InChI=1S/C12H15BrN2O3S/c13-10-7-8(14)1-4-11(10)19(17,18)6-5-12(16)15-9-2-3-9/h1,4,7,9H,2-3,5-6,14H2,(H,15,16). The number of anilines is 1. The number of carbonyl (C=O) groups is 1. The van der Waals surface area contributed by atoms with E-state index in [1.54, 1.807) is 0 Å². The Balaban J connectivity index is 2.02. The number of benzene rings is 1. The fourth-order valence-electron chi connectivity index (χ4n) is 1.63. The molecule has 2 rings (SSSR count). The van der Waals surface area contributed by atoms with Gasteiger partial charge < -0.3 is 11.1 Å². The molecule has 1 aliphatic rings. The number of nitrogen functional groups attached to an aromatic ring is 1. The summed E-state index contributed by atoms with van der Waals surface area (Å²) in [6.07, 6.45) is 1.96. The topological polar surface area (TPSA) is 89.3 Å². The van der Waals surface area contributed by atoms with Gasteiger partial charge in [0.25, 0.3) is 0 Å². The van der Waals surface area contributed by atoms with Crippen molar-refractivity contribution in [1.82, 2.24) is 5.32 Å². The first kappa shape index (κ1) is 14.3. The summed E-state index contributed by atoms with van der Waals surface area (Å²) in [7, 11) is -3.48. The van der Waals surface area contributed by atoms with Crippen LogP contribution in [0.4, 0.5) is 5.69 Å². The van der Waals surface area contributed by atoms with Crippen LogP contribution in [-0.4, -0.2) is 26.1 Å². The van der Waals surface area contributed by atoms with Gasteiger partial charge in [-0.3, -0.25) is 4.79 Å². The van der Waals surface area contributed by atoms with Crippen molar-refractivity contribution >= 4 is 37.4 Å². The van der Waals surface area contributed by atoms with Gasteiger partial charge in [-0.1, -0.05) is 0 Å². The van der Waals surface area contributed by atoms with E-state index in [-0.39, 0.29) is 29.0 Å². The van der Waals surface area contributed by atoms with Crippen molar-refractivity contribution in [3.05, 3.63) is 22.7 Å². The summed E-state index contributed by atoms with van der Waals surface area (Å²) in [6.45, 7) is 0. The van der Waals surface area contributed by atoms with Gasteiger partial charge in [0.1, 0.15) is 0 Å². The number of sulfone groups is 1. The zero-order chi connectivity index (χ0) is 14.0. The summed E-state index contributed by atoms with van der Waals surface area (Å²) < 4.78 is 24.7. The third-order valence-electron chi connectivity index (χ3n) is 2.83. The van der Waals surface area contributed by atoms with E-state index in [4.69, 9.17) is 5.73 Å². The van der Waals surface area contributed by atoms with E-state index in [9.17, 15) is 13.2 Å². The largest absolute Gasteiger partial charge is 0.399 e. The Labute approximate surface area is 120 Å². The fourth-order valence-corrected chi connectivity index (χ4v) is 4.08. The maximum absolute atomic E-state index is 12.1. The average Bonchev–Trinajstić information content (AvgIpc) is 3.10. The first-order chi connectivity index (χ1) is 8.88. The van der Waals surface area contributed by atoms with E-state index in [0.29, 0.717) is 10.2 Å². The fraction of sp³-hybridized carbons (Fsp3) is 0.417.